The normalized spacial score (nSPS) is 10.9. The number of carbonyl (C=O) groups is 1. The van der Waals surface area contributed by atoms with Crippen molar-refractivity contribution < 1.29 is 9.53 Å². The Morgan fingerprint density at radius 3 is 2.44 bits per heavy atom. The summed E-state index contributed by atoms with van der Waals surface area (Å²) in [6.07, 6.45) is 1.70. The second kappa shape index (κ2) is 9.15. The van der Waals surface area contributed by atoms with E-state index >= 15 is 0 Å². The Morgan fingerprint density at radius 1 is 1.00 bits per heavy atom. The molecule has 0 spiro atoms. The summed E-state index contributed by atoms with van der Waals surface area (Å²) >= 11 is 0. The molecule has 136 valence electrons. The molecule has 2 aromatic carbocycles. The Kier molecular flexibility index (Phi) is 6.14. The first kappa shape index (κ1) is 18.1. The van der Waals surface area contributed by atoms with Crippen LogP contribution in [0, 0.1) is 0 Å². The predicted molar refractivity (Wildman–Crippen MR) is 107 cm³/mol. The van der Waals surface area contributed by atoms with Gasteiger partial charge in [0.2, 0.25) is 0 Å². The fourth-order valence-electron chi connectivity index (χ4n) is 2.29. The first-order valence-electron chi connectivity index (χ1n) is 8.50. The second-order valence-electron chi connectivity index (χ2n) is 5.75. The molecule has 2 N–H and O–H groups in total. The van der Waals surface area contributed by atoms with Gasteiger partial charge in [-0.2, -0.15) is 5.10 Å². The molecule has 0 saturated heterocycles. The molecular formula is C21H20N4O2. The molecule has 0 aliphatic heterocycles. The topological polar surface area (TPSA) is 75.6 Å². The van der Waals surface area contributed by atoms with E-state index in [1.165, 1.54) is 0 Å². The maximum absolute atomic E-state index is 11.9. The van der Waals surface area contributed by atoms with Crippen LogP contribution in [-0.2, 0) is 4.79 Å². The monoisotopic (exact) mass is 360 g/mol. The molecule has 0 aliphatic carbocycles. The molecule has 27 heavy (non-hydrogen) atoms. The van der Waals surface area contributed by atoms with Crippen LogP contribution in [0.15, 0.2) is 84.1 Å². The van der Waals surface area contributed by atoms with Crippen LogP contribution in [0.4, 0.5) is 11.5 Å². The van der Waals surface area contributed by atoms with Crippen LogP contribution >= 0.6 is 0 Å². The van der Waals surface area contributed by atoms with E-state index in [0.29, 0.717) is 11.6 Å². The Bertz CT molecular complexity index is 894. The average molecular weight is 360 g/mol. The number of carbonyl (C=O) groups excluding carboxylic acids is 1. The van der Waals surface area contributed by atoms with Gasteiger partial charge < -0.3 is 10.1 Å². The number of para-hydroxylation sites is 1. The maximum atomic E-state index is 11.9. The van der Waals surface area contributed by atoms with E-state index in [9.17, 15) is 4.79 Å². The number of amides is 1. The van der Waals surface area contributed by atoms with Crippen LogP contribution in [0.2, 0.25) is 0 Å². The summed E-state index contributed by atoms with van der Waals surface area (Å²) in [4.78, 5) is 16.1. The fourth-order valence-corrected chi connectivity index (χ4v) is 2.29. The van der Waals surface area contributed by atoms with Gasteiger partial charge in [-0.05, 0) is 61.0 Å². The fraction of sp³-hybridized carbons (Fsp3) is 0.0952. The summed E-state index contributed by atoms with van der Waals surface area (Å²) < 4.78 is 5.53. The summed E-state index contributed by atoms with van der Waals surface area (Å²) in [6, 6.07) is 22.3. The van der Waals surface area contributed by atoms with Crippen molar-refractivity contribution in [1.82, 2.24) is 4.98 Å². The smallest absolute Gasteiger partial charge is 0.262 e. The van der Waals surface area contributed by atoms with Gasteiger partial charge in [-0.15, -0.1) is 0 Å². The molecule has 0 atom stereocenters. The highest BCUT2D eigenvalue weighted by Gasteiger charge is 2.04. The van der Waals surface area contributed by atoms with Gasteiger partial charge in [0, 0.05) is 11.9 Å². The summed E-state index contributed by atoms with van der Waals surface area (Å²) in [5.74, 6) is 1.09. The third kappa shape index (κ3) is 5.67. The van der Waals surface area contributed by atoms with E-state index < -0.39 is 0 Å². The highest BCUT2D eigenvalue weighted by molar-refractivity contribution is 5.99. The zero-order valence-electron chi connectivity index (χ0n) is 14.9. The number of hydrogen-bond donors (Lipinski definition) is 2. The summed E-state index contributed by atoms with van der Waals surface area (Å²) in [5.41, 5.74) is 5.42. The first-order chi connectivity index (χ1) is 13.2. The van der Waals surface area contributed by atoms with Crippen molar-refractivity contribution in [2.45, 2.75) is 6.92 Å². The second-order valence-corrected chi connectivity index (χ2v) is 5.75. The van der Waals surface area contributed by atoms with E-state index in [1.807, 2.05) is 79.7 Å². The standard InChI is InChI=1S/C21H20N4O2/c1-16(24-25-20-9-5-6-14-22-20)17-10-12-19(13-11-17)27-15-21(26)23-18-7-3-2-4-8-18/h2-14H,15H2,1H3,(H,22,25)(H,23,26)/b24-16-. The molecule has 1 amide bonds. The average Bonchev–Trinajstić information content (AvgIpc) is 2.72. The molecule has 0 bridgehead atoms. The van der Waals surface area contributed by atoms with E-state index in [-0.39, 0.29) is 12.5 Å². The van der Waals surface area contributed by atoms with Crippen molar-refractivity contribution in [2.75, 3.05) is 17.3 Å². The Morgan fingerprint density at radius 2 is 1.74 bits per heavy atom. The molecule has 6 nitrogen and oxygen atoms in total. The zero-order chi connectivity index (χ0) is 18.9. The van der Waals surface area contributed by atoms with Crippen molar-refractivity contribution in [3.8, 4) is 5.75 Å². The maximum Gasteiger partial charge on any atom is 0.262 e. The quantitative estimate of drug-likeness (QED) is 0.494. The number of anilines is 2. The molecule has 0 saturated carbocycles. The van der Waals surface area contributed by atoms with E-state index in [0.717, 1.165) is 17.0 Å². The third-order valence-electron chi connectivity index (χ3n) is 3.70. The van der Waals surface area contributed by atoms with Gasteiger partial charge >= 0.3 is 0 Å². The highest BCUT2D eigenvalue weighted by atomic mass is 16.5. The number of hydrogen-bond acceptors (Lipinski definition) is 5. The summed E-state index contributed by atoms with van der Waals surface area (Å²) in [5, 5.41) is 7.09. The van der Waals surface area contributed by atoms with Gasteiger partial charge in [-0.1, -0.05) is 24.3 Å². The van der Waals surface area contributed by atoms with Crippen LogP contribution in [0.25, 0.3) is 0 Å². The van der Waals surface area contributed by atoms with Gasteiger partial charge in [0.25, 0.3) is 5.91 Å². The lowest BCUT2D eigenvalue weighted by molar-refractivity contribution is -0.118. The largest absolute Gasteiger partial charge is 0.484 e. The third-order valence-corrected chi connectivity index (χ3v) is 3.70. The molecular weight excluding hydrogens is 340 g/mol. The molecule has 3 aromatic rings. The molecule has 0 unspecified atom stereocenters. The van der Waals surface area contributed by atoms with Crippen LogP contribution < -0.4 is 15.5 Å². The van der Waals surface area contributed by atoms with Crippen LogP contribution in [0.5, 0.6) is 5.75 Å². The number of nitrogens with zero attached hydrogens (tertiary/aromatic N) is 2. The van der Waals surface area contributed by atoms with E-state index in [2.05, 4.69) is 20.8 Å². The highest BCUT2D eigenvalue weighted by Crippen LogP contribution is 2.13. The van der Waals surface area contributed by atoms with Gasteiger partial charge in [-0.25, -0.2) is 4.98 Å². The lowest BCUT2D eigenvalue weighted by atomic mass is 10.1. The first-order valence-corrected chi connectivity index (χ1v) is 8.50. The van der Waals surface area contributed by atoms with Crippen LogP contribution in [0.3, 0.4) is 0 Å². The van der Waals surface area contributed by atoms with Gasteiger partial charge in [0.05, 0.1) is 5.71 Å². The number of benzene rings is 2. The number of rotatable bonds is 7. The Balaban J connectivity index is 1.51. The SMILES string of the molecule is C/C(=N/Nc1ccccn1)c1ccc(OCC(=O)Nc2ccccc2)cc1. The zero-order valence-corrected chi connectivity index (χ0v) is 14.9. The van der Waals surface area contributed by atoms with Crippen LogP contribution in [-0.4, -0.2) is 23.2 Å². The molecule has 0 fully saturated rings. The van der Waals surface area contributed by atoms with Crippen molar-refractivity contribution in [3.05, 3.63) is 84.6 Å². The number of ether oxygens (including phenoxy) is 1. The molecule has 1 heterocycles. The van der Waals surface area contributed by atoms with Crippen molar-refractivity contribution >= 4 is 23.1 Å². The molecule has 1 aromatic heterocycles. The van der Waals surface area contributed by atoms with Gasteiger partial charge in [0.1, 0.15) is 11.6 Å². The summed E-state index contributed by atoms with van der Waals surface area (Å²) in [7, 11) is 0. The molecule has 0 radical (unpaired) electrons. The van der Waals surface area contributed by atoms with Crippen molar-refractivity contribution in [3.63, 3.8) is 0 Å². The van der Waals surface area contributed by atoms with Crippen molar-refractivity contribution in [1.29, 1.82) is 0 Å². The molecule has 6 heteroatoms. The number of hydrazone groups is 1. The number of pyridine rings is 1. The lowest BCUT2D eigenvalue weighted by Crippen LogP contribution is -2.20. The molecule has 0 aliphatic rings. The van der Waals surface area contributed by atoms with Crippen molar-refractivity contribution in [2.24, 2.45) is 5.10 Å². The summed E-state index contributed by atoms with van der Waals surface area (Å²) in [6.45, 7) is 1.85. The minimum Gasteiger partial charge on any atom is -0.484 e. The van der Waals surface area contributed by atoms with Gasteiger partial charge in [0.15, 0.2) is 6.61 Å². The lowest BCUT2D eigenvalue weighted by Gasteiger charge is -2.08. The Labute approximate surface area is 157 Å². The molecule has 3 rings (SSSR count). The van der Waals surface area contributed by atoms with Crippen LogP contribution in [0.1, 0.15) is 12.5 Å². The number of aromatic nitrogens is 1. The minimum atomic E-state index is -0.206. The predicted octanol–water partition coefficient (Wildman–Crippen LogP) is 3.94. The minimum absolute atomic E-state index is 0.0530. The number of nitrogens with one attached hydrogen (secondary N) is 2. The van der Waals surface area contributed by atoms with E-state index in [1.54, 1.807) is 6.20 Å². The Hall–Kier alpha value is -3.67. The van der Waals surface area contributed by atoms with Gasteiger partial charge in [-0.3, -0.25) is 10.2 Å². The van der Waals surface area contributed by atoms with E-state index in [4.69, 9.17) is 4.74 Å².